The number of nitrogens with zero attached hydrogens (tertiary/aromatic N) is 1. The summed E-state index contributed by atoms with van der Waals surface area (Å²) in [6, 6.07) is 1.75. The molecule has 22 valence electrons. The average molecular weight is 79.1 g/mol. The smallest absolute Gasteiger partial charge is 0.778 e. The van der Waals surface area contributed by atoms with Crippen LogP contribution in [0.4, 0.5) is 0 Å². The molecule has 3 heteroatoms. The molecule has 5 heavy (non-hydrogen) atoms. The molecule has 0 aliphatic rings. The van der Waals surface area contributed by atoms with Crippen LogP contribution in [0, 0.1) is 11.3 Å². The van der Waals surface area contributed by atoms with E-state index in [-0.39, 0.29) is 24.6 Å². The van der Waals surface area contributed by atoms with Gasteiger partial charge in [-0.3, -0.25) is 0 Å². The van der Waals surface area contributed by atoms with E-state index in [1.54, 1.807) is 6.07 Å². The molecule has 1 nitrogen and oxygen atoms in total. The van der Waals surface area contributed by atoms with Gasteiger partial charge >= 0.3 is 18.9 Å². The topological polar surface area (TPSA) is 23.8 Å². The zero-order chi connectivity index (χ0) is 3.41. The molecule has 0 bridgehead atoms. The van der Waals surface area contributed by atoms with Gasteiger partial charge in [-0.25, -0.2) is 5.26 Å². The Hall–Kier alpha value is 0.437. The quantitative estimate of drug-likeness (QED) is 0.229. The van der Waals surface area contributed by atoms with Crippen LogP contribution in [-0.2, 0) is 12.6 Å². The minimum atomic E-state index is 0. The second-order valence-corrected chi connectivity index (χ2v) is 0.591. The fraction of sp³-hybridized carbons (Fsp3) is 0.500. The van der Waals surface area contributed by atoms with E-state index in [1.807, 2.05) is 0 Å². The molecule has 0 unspecified atom stereocenters. The summed E-state index contributed by atoms with van der Waals surface area (Å²) in [7, 11) is 0. The van der Waals surface area contributed by atoms with Crippen molar-refractivity contribution in [3.05, 3.63) is 0 Å². The van der Waals surface area contributed by atoms with Crippen molar-refractivity contribution in [2.45, 2.75) is 0 Å². The first-order valence-electron chi connectivity index (χ1n) is 0.866. The van der Waals surface area contributed by atoms with Gasteiger partial charge in [0.2, 0.25) is 0 Å². The number of hydrogen-bond donors (Lipinski definition) is 0. The van der Waals surface area contributed by atoms with E-state index < -0.39 is 0 Å². The second kappa shape index (κ2) is 8.83. The van der Waals surface area contributed by atoms with Gasteiger partial charge < -0.3 is 12.6 Å². The van der Waals surface area contributed by atoms with Crippen LogP contribution in [0.2, 0.25) is 0 Å². The maximum absolute atomic E-state index is 7.52. The Labute approximate surface area is 48.9 Å². The number of hydrogen-bond acceptors (Lipinski definition) is 2. The molecular weight excluding hydrogens is 77.0 g/mol. The molecule has 0 aromatic heterocycles. The SMILES string of the molecule is N#CC[S-].[Li+]. The first kappa shape index (κ1) is 9.06. The Morgan fingerprint density at radius 3 is 2.00 bits per heavy atom. The van der Waals surface area contributed by atoms with Crippen molar-refractivity contribution in [2.24, 2.45) is 0 Å². The normalized spacial score (nSPS) is 4.00. The predicted octanol–water partition coefficient (Wildman–Crippen LogP) is -2.94. The summed E-state index contributed by atoms with van der Waals surface area (Å²) in [4.78, 5) is 0. The average Bonchev–Trinajstić information content (AvgIpc) is 1.37. The first-order chi connectivity index (χ1) is 1.91. The predicted molar refractivity (Wildman–Crippen MR) is 17.8 cm³/mol. The molecule has 0 amide bonds. The molecular formula is C2H2LiNS. The van der Waals surface area contributed by atoms with Gasteiger partial charge in [0.1, 0.15) is 0 Å². The largest absolute Gasteiger partial charge is 1.00 e. The van der Waals surface area contributed by atoms with Gasteiger partial charge in [-0.05, 0) is 0 Å². The van der Waals surface area contributed by atoms with E-state index >= 15 is 0 Å². The molecule has 0 aliphatic carbocycles. The summed E-state index contributed by atoms with van der Waals surface area (Å²) in [6.07, 6.45) is 0. The maximum Gasteiger partial charge on any atom is 1.00 e. The zero-order valence-corrected chi connectivity index (χ0v) is 3.88. The second-order valence-electron chi connectivity index (χ2n) is 0.302. The molecule has 0 rings (SSSR count). The summed E-state index contributed by atoms with van der Waals surface area (Å²) in [5.41, 5.74) is 0. The van der Waals surface area contributed by atoms with Gasteiger partial charge in [-0.2, -0.15) is 0 Å². The van der Waals surface area contributed by atoms with E-state index in [9.17, 15) is 0 Å². The Morgan fingerprint density at radius 2 is 2.00 bits per heavy atom. The third-order valence-electron chi connectivity index (χ3n) is 0.0645. The number of nitriles is 1. The first-order valence-corrected chi connectivity index (χ1v) is 1.44. The Bertz CT molecular complexity index is 39.4. The van der Waals surface area contributed by atoms with Gasteiger partial charge in [-0.15, -0.1) is 0 Å². The summed E-state index contributed by atoms with van der Waals surface area (Å²) in [6.45, 7) is 0. The van der Waals surface area contributed by atoms with Gasteiger partial charge in [-0.1, -0.05) is 5.75 Å². The molecule has 0 heterocycles. The van der Waals surface area contributed by atoms with Crippen LogP contribution in [0.25, 0.3) is 0 Å². The van der Waals surface area contributed by atoms with E-state index in [0.717, 1.165) is 0 Å². The monoisotopic (exact) mass is 79.0 g/mol. The molecule has 0 saturated heterocycles. The Kier molecular flexibility index (Phi) is 16.0. The molecule has 0 spiro atoms. The Morgan fingerprint density at radius 1 is 1.80 bits per heavy atom. The van der Waals surface area contributed by atoms with Crippen LogP contribution in [0.5, 0.6) is 0 Å². The van der Waals surface area contributed by atoms with Crippen LogP contribution in [0.1, 0.15) is 0 Å². The van der Waals surface area contributed by atoms with Gasteiger partial charge in [0, 0.05) is 6.07 Å². The van der Waals surface area contributed by atoms with E-state index in [1.165, 1.54) is 0 Å². The van der Waals surface area contributed by atoms with Crippen molar-refractivity contribution in [1.82, 2.24) is 0 Å². The fourth-order valence-electron chi connectivity index (χ4n) is 0. The molecule has 0 N–H and O–H groups in total. The fourth-order valence-corrected chi connectivity index (χ4v) is 0. The van der Waals surface area contributed by atoms with Crippen molar-refractivity contribution in [3.63, 3.8) is 0 Å². The molecule has 0 radical (unpaired) electrons. The van der Waals surface area contributed by atoms with Crippen LogP contribution < -0.4 is 18.9 Å². The molecule has 0 aromatic carbocycles. The minimum Gasteiger partial charge on any atom is -0.778 e. The van der Waals surface area contributed by atoms with E-state index in [0.29, 0.717) is 0 Å². The summed E-state index contributed by atoms with van der Waals surface area (Å²) >= 11 is 4.19. The van der Waals surface area contributed by atoms with Crippen molar-refractivity contribution in [2.75, 3.05) is 5.75 Å². The molecule has 0 saturated carbocycles. The standard InChI is InChI=1S/C2H3NS.Li/c3-1-2-4;/h4H,2H2;/q;+1/p-1. The molecule has 0 aliphatic heterocycles. The minimum absolute atomic E-state index is 0. The van der Waals surface area contributed by atoms with Crippen LogP contribution in [-0.4, -0.2) is 5.75 Å². The van der Waals surface area contributed by atoms with Gasteiger partial charge in [0.25, 0.3) is 0 Å². The van der Waals surface area contributed by atoms with Crippen LogP contribution in [0.15, 0.2) is 0 Å². The zero-order valence-electron chi connectivity index (χ0n) is 3.06. The maximum atomic E-state index is 7.52. The summed E-state index contributed by atoms with van der Waals surface area (Å²) < 4.78 is 0. The molecule has 0 fully saturated rings. The Balaban J connectivity index is 0. The summed E-state index contributed by atoms with van der Waals surface area (Å²) in [5, 5.41) is 7.52. The van der Waals surface area contributed by atoms with Gasteiger partial charge in [0.15, 0.2) is 0 Å². The third-order valence-corrected chi connectivity index (χ3v) is 0.194. The van der Waals surface area contributed by atoms with Crippen molar-refractivity contribution in [3.8, 4) is 6.07 Å². The van der Waals surface area contributed by atoms with E-state index in [4.69, 9.17) is 5.26 Å². The number of rotatable bonds is 0. The van der Waals surface area contributed by atoms with Gasteiger partial charge in [0.05, 0.1) is 0 Å². The van der Waals surface area contributed by atoms with Crippen molar-refractivity contribution < 1.29 is 18.9 Å². The summed E-state index contributed by atoms with van der Waals surface area (Å²) in [5.74, 6) is 0.208. The third kappa shape index (κ3) is 12.8. The van der Waals surface area contributed by atoms with Crippen LogP contribution in [0.3, 0.4) is 0 Å². The van der Waals surface area contributed by atoms with E-state index in [2.05, 4.69) is 12.6 Å². The van der Waals surface area contributed by atoms with Crippen LogP contribution >= 0.6 is 0 Å². The van der Waals surface area contributed by atoms with Crippen molar-refractivity contribution in [1.29, 1.82) is 5.26 Å². The van der Waals surface area contributed by atoms with Crippen molar-refractivity contribution >= 4 is 12.6 Å². The molecule has 0 aromatic rings. The molecule has 0 atom stereocenters.